The Kier molecular flexibility index (Phi) is 7.02. The Morgan fingerprint density at radius 3 is 2.11 bits per heavy atom. The molecule has 0 aliphatic heterocycles. The third-order valence-corrected chi connectivity index (χ3v) is 4.24. The zero-order chi connectivity index (χ0) is 14.4. The molecule has 0 fully saturated rings. The van der Waals surface area contributed by atoms with Gasteiger partial charge in [0.05, 0.1) is 0 Å². The van der Waals surface area contributed by atoms with Gasteiger partial charge in [0.1, 0.15) is 0 Å². The van der Waals surface area contributed by atoms with E-state index in [1.807, 2.05) is 0 Å². The van der Waals surface area contributed by atoms with Crippen LogP contribution in [0.4, 0.5) is 0 Å². The lowest BCUT2D eigenvalue weighted by Gasteiger charge is -2.30. The highest BCUT2D eigenvalue weighted by atomic mass is 14.9. The van der Waals surface area contributed by atoms with Crippen molar-refractivity contribution < 1.29 is 0 Å². The number of hydrogen-bond donors (Lipinski definition) is 1. The molecule has 0 rings (SSSR count). The third-order valence-electron chi connectivity index (χ3n) is 4.24. The summed E-state index contributed by atoms with van der Waals surface area (Å²) in [6.07, 6.45) is 5.00. The molecule has 1 heteroatoms. The van der Waals surface area contributed by atoms with E-state index in [0.717, 1.165) is 18.9 Å². The van der Waals surface area contributed by atoms with Crippen LogP contribution >= 0.6 is 0 Å². The largest absolute Gasteiger partial charge is 0.388 e. The van der Waals surface area contributed by atoms with Crippen LogP contribution in [0.1, 0.15) is 74.1 Å². The molecule has 0 atom stereocenters. The maximum Gasteiger partial charge on any atom is 0.0149 e. The number of hydrogen-bond acceptors (Lipinski definition) is 1. The highest BCUT2D eigenvalue weighted by Crippen LogP contribution is 2.30. The fourth-order valence-corrected chi connectivity index (χ4v) is 1.81. The maximum atomic E-state index is 4.18. The molecule has 0 heterocycles. The average Bonchev–Trinajstić information content (AvgIpc) is 2.26. The summed E-state index contributed by atoms with van der Waals surface area (Å²) in [5, 5.41) is 3.52. The second kappa shape index (κ2) is 7.21. The smallest absolute Gasteiger partial charge is 0.0149 e. The predicted molar refractivity (Wildman–Crippen MR) is 83.7 cm³/mol. The fourth-order valence-electron chi connectivity index (χ4n) is 1.81. The topological polar surface area (TPSA) is 12.0 Å². The van der Waals surface area contributed by atoms with Gasteiger partial charge >= 0.3 is 0 Å². The molecule has 0 aliphatic rings. The Morgan fingerprint density at radius 1 is 1.11 bits per heavy atom. The van der Waals surface area contributed by atoms with Crippen molar-refractivity contribution in [3.8, 4) is 0 Å². The summed E-state index contributed by atoms with van der Waals surface area (Å²) in [5.74, 6) is 0.811. The first kappa shape index (κ1) is 17.5. The highest BCUT2D eigenvalue weighted by molar-refractivity contribution is 5.04. The van der Waals surface area contributed by atoms with Crippen molar-refractivity contribution in [2.45, 2.75) is 74.1 Å². The summed E-state index contributed by atoms with van der Waals surface area (Å²) in [6.45, 7) is 21.3. The Labute approximate surface area is 115 Å². The van der Waals surface area contributed by atoms with Crippen molar-refractivity contribution in [1.29, 1.82) is 0 Å². The first-order chi connectivity index (χ1) is 8.10. The second-order valence-corrected chi connectivity index (χ2v) is 7.49. The summed E-state index contributed by atoms with van der Waals surface area (Å²) in [5.41, 5.74) is 1.83. The van der Waals surface area contributed by atoms with Gasteiger partial charge in [-0.15, -0.1) is 0 Å². The molecule has 0 saturated carbocycles. The Hall–Kier alpha value is -0.460. The van der Waals surface area contributed by atoms with Gasteiger partial charge in [-0.05, 0) is 30.6 Å². The van der Waals surface area contributed by atoms with Gasteiger partial charge in [0, 0.05) is 17.7 Å². The van der Waals surface area contributed by atoms with Gasteiger partial charge < -0.3 is 5.32 Å². The molecule has 0 unspecified atom stereocenters. The molecule has 0 aromatic carbocycles. The van der Waals surface area contributed by atoms with Crippen molar-refractivity contribution in [1.82, 2.24) is 5.32 Å². The minimum Gasteiger partial charge on any atom is -0.388 e. The van der Waals surface area contributed by atoms with E-state index < -0.39 is 0 Å². The summed E-state index contributed by atoms with van der Waals surface area (Å²) in [4.78, 5) is 0. The number of allylic oxidation sites excluding steroid dienone is 1. The lowest BCUT2D eigenvalue weighted by molar-refractivity contribution is 0.276. The first-order valence-electron chi connectivity index (χ1n) is 7.54. The lowest BCUT2D eigenvalue weighted by Crippen LogP contribution is -2.28. The monoisotopic (exact) mass is 253 g/mol. The summed E-state index contributed by atoms with van der Waals surface area (Å²) in [7, 11) is 0. The van der Waals surface area contributed by atoms with Crippen LogP contribution in [0.15, 0.2) is 12.3 Å². The standard InChI is InChI=1S/C17H35N/c1-9-17(7,8)15(4)18-13-12-16(5,6)11-10-14(2)3/h14,18H,4,9-13H2,1-3,5-8H3. The van der Waals surface area contributed by atoms with E-state index in [1.54, 1.807) is 0 Å². The van der Waals surface area contributed by atoms with Crippen LogP contribution in [-0.4, -0.2) is 6.54 Å². The molecule has 18 heavy (non-hydrogen) atoms. The summed E-state index contributed by atoms with van der Waals surface area (Å²) >= 11 is 0. The Balaban J connectivity index is 3.99. The van der Waals surface area contributed by atoms with Gasteiger partial charge in [0.25, 0.3) is 0 Å². The molecule has 0 aromatic heterocycles. The Bertz CT molecular complexity index is 248. The minimum atomic E-state index is 0.210. The van der Waals surface area contributed by atoms with Gasteiger partial charge in [-0.1, -0.05) is 61.5 Å². The molecule has 1 nitrogen and oxygen atoms in total. The highest BCUT2D eigenvalue weighted by Gasteiger charge is 2.21. The third kappa shape index (κ3) is 7.08. The molecule has 0 aromatic rings. The van der Waals surface area contributed by atoms with Crippen LogP contribution in [0, 0.1) is 16.7 Å². The minimum absolute atomic E-state index is 0.210. The van der Waals surface area contributed by atoms with E-state index >= 15 is 0 Å². The van der Waals surface area contributed by atoms with E-state index in [4.69, 9.17) is 0 Å². The van der Waals surface area contributed by atoms with Crippen LogP contribution in [-0.2, 0) is 0 Å². The van der Waals surface area contributed by atoms with Crippen LogP contribution < -0.4 is 5.32 Å². The van der Waals surface area contributed by atoms with Gasteiger partial charge in [-0.2, -0.15) is 0 Å². The molecule has 0 radical (unpaired) electrons. The van der Waals surface area contributed by atoms with Crippen molar-refractivity contribution in [2.24, 2.45) is 16.7 Å². The van der Waals surface area contributed by atoms with E-state index in [9.17, 15) is 0 Å². The van der Waals surface area contributed by atoms with E-state index in [2.05, 4.69) is 60.4 Å². The summed E-state index contributed by atoms with van der Waals surface area (Å²) < 4.78 is 0. The van der Waals surface area contributed by atoms with E-state index in [-0.39, 0.29) is 5.41 Å². The molecular formula is C17H35N. The van der Waals surface area contributed by atoms with Crippen LogP contribution in [0.5, 0.6) is 0 Å². The van der Waals surface area contributed by atoms with Crippen molar-refractivity contribution >= 4 is 0 Å². The van der Waals surface area contributed by atoms with Crippen molar-refractivity contribution in [2.75, 3.05) is 6.54 Å². The summed E-state index contributed by atoms with van der Waals surface area (Å²) in [6, 6.07) is 0. The molecule has 0 aliphatic carbocycles. The molecular weight excluding hydrogens is 218 g/mol. The van der Waals surface area contributed by atoms with Crippen LogP contribution in [0.3, 0.4) is 0 Å². The van der Waals surface area contributed by atoms with E-state index in [0.29, 0.717) is 5.41 Å². The van der Waals surface area contributed by atoms with Gasteiger partial charge in [-0.3, -0.25) is 0 Å². The van der Waals surface area contributed by atoms with Gasteiger partial charge in [0.2, 0.25) is 0 Å². The number of rotatable bonds is 9. The average molecular weight is 253 g/mol. The first-order valence-corrected chi connectivity index (χ1v) is 7.54. The molecule has 0 bridgehead atoms. The van der Waals surface area contributed by atoms with E-state index in [1.165, 1.54) is 25.0 Å². The second-order valence-electron chi connectivity index (χ2n) is 7.49. The fraction of sp³-hybridized carbons (Fsp3) is 0.882. The quantitative estimate of drug-likeness (QED) is 0.582. The molecule has 0 amide bonds. The van der Waals surface area contributed by atoms with Crippen molar-refractivity contribution in [3.63, 3.8) is 0 Å². The number of nitrogens with one attached hydrogen (secondary N) is 1. The van der Waals surface area contributed by atoms with Crippen molar-refractivity contribution in [3.05, 3.63) is 12.3 Å². The van der Waals surface area contributed by atoms with Crippen LogP contribution in [0.2, 0.25) is 0 Å². The molecule has 0 saturated heterocycles. The van der Waals surface area contributed by atoms with Gasteiger partial charge in [0.15, 0.2) is 0 Å². The molecule has 1 N–H and O–H groups in total. The zero-order valence-corrected chi connectivity index (χ0v) is 13.8. The predicted octanol–water partition coefficient (Wildman–Crippen LogP) is 5.38. The Morgan fingerprint density at radius 2 is 1.67 bits per heavy atom. The SMILES string of the molecule is C=C(NCCC(C)(C)CCC(C)C)C(C)(C)CC. The normalized spacial score (nSPS) is 12.9. The zero-order valence-electron chi connectivity index (χ0n) is 13.8. The molecule has 0 spiro atoms. The molecule has 108 valence electrons. The van der Waals surface area contributed by atoms with Crippen LogP contribution in [0.25, 0.3) is 0 Å². The van der Waals surface area contributed by atoms with Gasteiger partial charge in [-0.25, -0.2) is 0 Å². The maximum absolute atomic E-state index is 4.18. The lowest BCUT2D eigenvalue weighted by atomic mass is 9.82.